The lowest BCUT2D eigenvalue weighted by molar-refractivity contribution is 0.0596. The molecule has 6 heteroatoms. The van der Waals surface area contributed by atoms with Crippen LogP contribution in [0.2, 0.25) is 5.02 Å². The van der Waals surface area contributed by atoms with E-state index < -0.39 is 11.8 Å². The number of rotatable bonds is 1. The summed E-state index contributed by atoms with van der Waals surface area (Å²) < 4.78 is 17.6. The minimum atomic E-state index is -0.659. The number of carbonyl (C=O) groups excluding carboxylic acids is 1. The van der Waals surface area contributed by atoms with Crippen molar-refractivity contribution in [2.45, 2.75) is 0 Å². The van der Waals surface area contributed by atoms with Crippen LogP contribution in [0, 0.1) is 5.82 Å². The van der Waals surface area contributed by atoms with E-state index in [1.54, 1.807) is 0 Å². The van der Waals surface area contributed by atoms with Crippen LogP contribution in [-0.4, -0.2) is 23.3 Å². The standard InChI is InChI=1S/C9H6ClFN2O2/c1-15-9(14)8-6-5(12-13-8)3-2-4(11)7(6)10/h2-3H,1H3,(H,12,13). The van der Waals surface area contributed by atoms with E-state index in [0.717, 1.165) is 0 Å². The Labute approximate surface area is 89.0 Å². The summed E-state index contributed by atoms with van der Waals surface area (Å²) in [6.45, 7) is 0. The minimum absolute atomic E-state index is 0.0167. The van der Waals surface area contributed by atoms with Crippen LogP contribution in [0.15, 0.2) is 12.1 Å². The fourth-order valence-electron chi connectivity index (χ4n) is 1.29. The van der Waals surface area contributed by atoms with Gasteiger partial charge in [0.15, 0.2) is 5.69 Å². The Morgan fingerprint density at radius 3 is 3.00 bits per heavy atom. The number of benzene rings is 1. The van der Waals surface area contributed by atoms with Crippen molar-refractivity contribution >= 4 is 28.5 Å². The summed E-state index contributed by atoms with van der Waals surface area (Å²) in [5, 5.41) is 6.39. The molecule has 0 aliphatic heterocycles. The van der Waals surface area contributed by atoms with Crippen LogP contribution >= 0.6 is 11.6 Å². The van der Waals surface area contributed by atoms with Crippen LogP contribution in [0.3, 0.4) is 0 Å². The highest BCUT2D eigenvalue weighted by Crippen LogP contribution is 2.27. The largest absolute Gasteiger partial charge is 0.464 e. The molecule has 0 unspecified atom stereocenters. The molecule has 0 atom stereocenters. The van der Waals surface area contributed by atoms with Crippen LogP contribution in [0.5, 0.6) is 0 Å². The molecule has 1 heterocycles. The molecule has 1 aromatic carbocycles. The van der Waals surface area contributed by atoms with E-state index in [1.165, 1.54) is 19.2 Å². The molecule has 0 saturated heterocycles. The third-order valence-electron chi connectivity index (χ3n) is 2.00. The van der Waals surface area contributed by atoms with Gasteiger partial charge < -0.3 is 4.74 Å². The number of nitrogens with zero attached hydrogens (tertiary/aromatic N) is 1. The number of hydrogen-bond acceptors (Lipinski definition) is 3. The number of fused-ring (bicyclic) bond motifs is 1. The first kappa shape index (κ1) is 9.92. The molecule has 0 radical (unpaired) electrons. The number of hydrogen-bond donors (Lipinski definition) is 1. The molecule has 0 aliphatic carbocycles. The summed E-state index contributed by atoms with van der Waals surface area (Å²) in [6, 6.07) is 2.65. The number of carbonyl (C=O) groups is 1. The minimum Gasteiger partial charge on any atom is -0.464 e. The Morgan fingerprint density at radius 2 is 2.33 bits per heavy atom. The molecule has 0 aliphatic rings. The van der Waals surface area contributed by atoms with Gasteiger partial charge in [-0.25, -0.2) is 9.18 Å². The third-order valence-corrected chi connectivity index (χ3v) is 2.37. The smallest absolute Gasteiger partial charge is 0.359 e. The van der Waals surface area contributed by atoms with Gasteiger partial charge in [-0.2, -0.15) is 5.10 Å². The predicted molar refractivity (Wildman–Crippen MR) is 52.4 cm³/mol. The van der Waals surface area contributed by atoms with Crippen LogP contribution in [-0.2, 0) is 4.74 Å². The van der Waals surface area contributed by atoms with Gasteiger partial charge in [-0.15, -0.1) is 0 Å². The summed E-state index contributed by atoms with van der Waals surface area (Å²) in [4.78, 5) is 11.3. The maximum Gasteiger partial charge on any atom is 0.359 e. The average Bonchev–Trinajstić information content (AvgIpc) is 2.67. The first-order valence-corrected chi connectivity index (χ1v) is 4.43. The highest BCUT2D eigenvalue weighted by molar-refractivity contribution is 6.36. The lowest BCUT2D eigenvalue weighted by Gasteiger charge is -1.98. The first-order chi connectivity index (χ1) is 7.15. The van der Waals surface area contributed by atoms with Gasteiger partial charge in [0, 0.05) is 0 Å². The van der Waals surface area contributed by atoms with Crippen molar-refractivity contribution in [3.63, 3.8) is 0 Å². The van der Waals surface area contributed by atoms with E-state index in [-0.39, 0.29) is 16.1 Å². The second-order valence-corrected chi connectivity index (χ2v) is 3.23. The van der Waals surface area contributed by atoms with Crippen molar-refractivity contribution in [2.75, 3.05) is 7.11 Å². The fraction of sp³-hybridized carbons (Fsp3) is 0.111. The number of ether oxygens (including phenoxy) is 1. The van der Waals surface area contributed by atoms with Gasteiger partial charge in [0.25, 0.3) is 0 Å². The van der Waals surface area contributed by atoms with Gasteiger partial charge in [-0.05, 0) is 12.1 Å². The quantitative estimate of drug-likeness (QED) is 0.761. The summed E-state index contributed by atoms with van der Waals surface area (Å²) in [5.41, 5.74) is 0.471. The second-order valence-electron chi connectivity index (χ2n) is 2.85. The molecule has 78 valence electrons. The molecule has 0 bridgehead atoms. The van der Waals surface area contributed by atoms with Crippen molar-refractivity contribution in [1.29, 1.82) is 0 Å². The normalized spacial score (nSPS) is 10.6. The number of esters is 1. The summed E-state index contributed by atoms with van der Waals surface area (Å²) in [5.74, 6) is -1.26. The molecule has 0 fully saturated rings. The molecule has 15 heavy (non-hydrogen) atoms. The summed E-state index contributed by atoms with van der Waals surface area (Å²) in [6.07, 6.45) is 0. The Bertz CT molecular complexity index is 538. The Kier molecular flexibility index (Phi) is 2.32. The van der Waals surface area contributed by atoms with E-state index in [2.05, 4.69) is 14.9 Å². The van der Waals surface area contributed by atoms with Gasteiger partial charge in [-0.1, -0.05) is 11.6 Å². The number of nitrogens with one attached hydrogen (secondary N) is 1. The summed E-state index contributed by atoms with van der Waals surface area (Å²) in [7, 11) is 1.22. The van der Waals surface area contributed by atoms with Crippen LogP contribution in [0.1, 0.15) is 10.5 Å². The van der Waals surface area contributed by atoms with Crippen molar-refractivity contribution < 1.29 is 13.9 Å². The molecule has 0 saturated carbocycles. The topological polar surface area (TPSA) is 55.0 Å². The van der Waals surface area contributed by atoms with Gasteiger partial charge in [0.2, 0.25) is 0 Å². The predicted octanol–water partition coefficient (Wildman–Crippen LogP) is 2.14. The molecule has 0 spiro atoms. The Balaban J connectivity index is 2.77. The molecule has 2 rings (SSSR count). The Morgan fingerprint density at radius 1 is 1.60 bits per heavy atom. The number of methoxy groups -OCH3 is 1. The van der Waals surface area contributed by atoms with Crippen LogP contribution in [0.4, 0.5) is 4.39 Å². The number of halogens is 2. The molecule has 4 nitrogen and oxygen atoms in total. The SMILES string of the molecule is COC(=O)c1n[nH]c2ccc(F)c(Cl)c12. The number of H-pyrrole nitrogens is 1. The highest BCUT2D eigenvalue weighted by Gasteiger charge is 2.18. The van der Waals surface area contributed by atoms with Crippen molar-refractivity contribution in [2.24, 2.45) is 0 Å². The van der Waals surface area contributed by atoms with E-state index >= 15 is 0 Å². The average molecular weight is 229 g/mol. The molecule has 1 aromatic heterocycles. The zero-order valence-corrected chi connectivity index (χ0v) is 8.43. The van der Waals surface area contributed by atoms with Crippen molar-refractivity contribution in [3.8, 4) is 0 Å². The maximum atomic E-state index is 13.1. The van der Waals surface area contributed by atoms with E-state index in [9.17, 15) is 9.18 Å². The van der Waals surface area contributed by atoms with E-state index in [4.69, 9.17) is 11.6 Å². The third kappa shape index (κ3) is 1.45. The molecular weight excluding hydrogens is 223 g/mol. The van der Waals surface area contributed by atoms with E-state index in [0.29, 0.717) is 5.52 Å². The van der Waals surface area contributed by atoms with Crippen LogP contribution < -0.4 is 0 Å². The zero-order valence-electron chi connectivity index (χ0n) is 7.67. The van der Waals surface area contributed by atoms with Gasteiger partial charge in [0.05, 0.1) is 23.0 Å². The highest BCUT2D eigenvalue weighted by atomic mass is 35.5. The number of aromatic nitrogens is 2. The Hall–Kier alpha value is -1.62. The summed E-state index contributed by atoms with van der Waals surface area (Å²) >= 11 is 5.73. The molecule has 0 amide bonds. The monoisotopic (exact) mass is 228 g/mol. The molecular formula is C9H6ClFN2O2. The lowest BCUT2D eigenvalue weighted by Crippen LogP contribution is -2.02. The van der Waals surface area contributed by atoms with Gasteiger partial charge in [0.1, 0.15) is 5.82 Å². The van der Waals surface area contributed by atoms with Crippen molar-refractivity contribution in [1.82, 2.24) is 10.2 Å². The van der Waals surface area contributed by atoms with Crippen LogP contribution in [0.25, 0.3) is 10.9 Å². The van der Waals surface area contributed by atoms with Crippen molar-refractivity contribution in [3.05, 3.63) is 28.7 Å². The molecule has 1 N–H and O–H groups in total. The number of aromatic amines is 1. The fourth-order valence-corrected chi connectivity index (χ4v) is 1.55. The van der Waals surface area contributed by atoms with E-state index in [1.807, 2.05) is 0 Å². The maximum absolute atomic E-state index is 13.1. The lowest BCUT2D eigenvalue weighted by atomic mass is 10.2. The van der Waals surface area contributed by atoms with Gasteiger partial charge in [-0.3, -0.25) is 5.10 Å². The zero-order chi connectivity index (χ0) is 11.0. The first-order valence-electron chi connectivity index (χ1n) is 4.05. The van der Waals surface area contributed by atoms with Gasteiger partial charge >= 0.3 is 5.97 Å². The molecule has 2 aromatic rings. The second kappa shape index (κ2) is 3.51.